The number of hydrogen-bond donors (Lipinski definition) is 1. The number of aromatic nitrogens is 2. The third-order valence-electron chi connectivity index (χ3n) is 5.30. The molecule has 0 saturated carbocycles. The molecule has 132 valence electrons. The minimum absolute atomic E-state index is 0.0705. The number of carbonyl (C=O) groups is 1. The summed E-state index contributed by atoms with van der Waals surface area (Å²) < 4.78 is 2.15. The molecule has 1 aromatic carbocycles. The molecule has 2 heterocycles. The lowest BCUT2D eigenvalue weighted by Gasteiger charge is -2.32. The van der Waals surface area contributed by atoms with Crippen LogP contribution in [0.3, 0.4) is 0 Å². The fourth-order valence-corrected chi connectivity index (χ4v) is 4.24. The minimum Gasteiger partial charge on any atom is -0.352 e. The molecule has 1 fully saturated rings. The summed E-state index contributed by atoms with van der Waals surface area (Å²) in [4.78, 5) is 13.8. The second kappa shape index (κ2) is 7.00. The highest BCUT2D eigenvalue weighted by Gasteiger charge is 2.26. The Labute approximate surface area is 149 Å². The van der Waals surface area contributed by atoms with Crippen molar-refractivity contribution >= 4 is 5.91 Å². The van der Waals surface area contributed by atoms with Crippen LogP contribution >= 0.6 is 0 Å². The molecule has 1 atom stereocenters. The number of carbonyl (C=O) groups excluding carboxylic acids is 1. The number of hydrogen-bond acceptors (Lipinski definition) is 3. The third-order valence-corrected chi connectivity index (χ3v) is 5.30. The summed E-state index contributed by atoms with van der Waals surface area (Å²) in [5, 5.41) is 8.04. The second-order valence-corrected chi connectivity index (χ2v) is 7.25. The van der Waals surface area contributed by atoms with E-state index in [2.05, 4.69) is 39.2 Å². The van der Waals surface area contributed by atoms with Crippen molar-refractivity contribution in [2.45, 2.75) is 51.6 Å². The first-order valence-corrected chi connectivity index (χ1v) is 9.35. The summed E-state index contributed by atoms with van der Waals surface area (Å²) in [5.74, 6) is 0.0705. The number of rotatable bonds is 4. The van der Waals surface area contributed by atoms with Crippen molar-refractivity contribution in [1.29, 1.82) is 0 Å². The molecular formula is C20H26N4O. The van der Waals surface area contributed by atoms with Gasteiger partial charge in [0, 0.05) is 31.7 Å². The first-order chi connectivity index (χ1) is 12.2. The van der Waals surface area contributed by atoms with Gasteiger partial charge >= 0.3 is 0 Å². The Bertz CT molecular complexity index is 753. The summed E-state index contributed by atoms with van der Waals surface area (Å²) in [5.41, 5.74) is 5.21. The molecule has 0 radical (unpaired) electrons. The van der Waals surface area contributed by atoms with E-state index in [4.69, 9.17) is 5.10 Å². The lowest BCUT2D eigenvalue weighted by atomic mass is 10.0. The van der Waals surface area contributed by atoms with Gasteiger partial charge in [0.2, 0.25) is 5.91 Å². The van der Waals surface area contributed by atoms with Gasteiger partial charge in [0.1, 0.15) is 0 Å². The monoisotopic (exact) mass is 338 g/mol. The summed E-state index contributed by atoms with van der Waals surface area (Å²) in [6, 6.07) is 10.7. The van der Waals surface area contributed by atoms with E-state index < -0.39 is 0 Å². The molecule has 4 rings (SSSR count). The molecule has 0 unspecified atom stereocenters. The van der Waals surface area contributed by atoms with Crippen molar-refractivity contribution in [3.63, 3.8) is 0 Å². The molecule has 1 aliphatic heterocycles. The van der Waals surface area contributed by atoms with Crippen LogP contribution in [0.25, 0.3) is 5.69 Å². The largest absolute Gasteiger partial charge is 0.352 e. The topological polar surface area (TPSA) is 50.2 Å². The molecule has 1 saturated heterocycles. The van der Waals surface area contributed by atoms with Crippen molar-refractivity contribution in [2.75, 3.05) is 13.1 Å². The van der Waals surface area contributed by atoms with E-state index in [9.17, 15) is 4.79 Å². The van der Waals surface area contributed by atoms with E-state index in [-0.39, 0.29) is 11.9 Å². The Morgan fingerprint density at radius 1 is 1.24 bits per heavy atom. The number of para-hydroxylation sites is 1. The average Bonchev–Trinajstić information content (AvgIpc) is 3.19. The van der Waals surface area contributed by atoms with Crippen LogP contribution in [0.1, 0.15) is 43.1 Å². The molecule has 1 N–H and O–H groups in total. The van der Waals surface area contributed by atoms with Gasteiger partial charge in [0.25, 0.3) is 0 Å². The lowest BCUT2D eigenvalue weighted by Crippen LogP contribution is -2.46. The van der Waals surface area contributed by atoms with E-state index >= 15 is 0 Å². The van der Waals surface area contributed by atoms with Gasteiger partial charge in [0.05, 0.1) is 11.4 Å². The number of nitrogens with zero attached hydrogens (tertiary/aromatic N) is 3. The number of likely N-dealkylation sites (tertiary alicyclic amines) is 1. The van der Waals surface area contributed by atoms with Gasteiger partial charge in [-0.05, 0) is 56.3 Å². The average molecular weight is 338 g/mol. The van der Waals surface area contributed by atoms with Crippen molar-refractivity contribution in [3.05, 3.63) is 47.3 Å². The number of piperidine rings is 1. The van der Waals surface area contributed by atoms with E-state index in [1.807, 2.05) is 6.07 Å². The Hall–Kier alpha value is -2.14. The molecule has 1 amide bonds. The van der Waals surface area contributed by atoms with Crippen molar-refractivity contribution in [3.8, 4) is 5.69 Å². The number of nitrogens with one attached hydrogen (secondary N) is 1. The Morgan fingerprint density at radius 2 is 2.08 bits per heavy atom. The fraction of sp³-hybridized carbons (Fsp3) is 0.500. The third kappa shape index (κ3) is 3.47. The molecule has 25 heavy (non-hydrogen) atoms. The summed E-state index contributed by atoms with van der Waals surface area (Å²) in [7, 11) is 0. The van der Waals surface area contributed by atoms with E-state index in [0.29, 0.717) is 0 Å². The molecule has 2 aliphatic rings. The van der Waals surface area contributed by atoms with Crippen LogP contribution in [-0.4, -0.2) is 39.7 Å². The van der Waals surface area contributed by atoms with Crippen LogP contribution in [0.5, 0.6) is 0 Å². The smallest absolute Gasteiger partial charge is 0.217 e. The van der Waals surface area contributed by atoms with Crippen LogP contribution in [-0.2, 0) is 24.2 Å². The molecule has 5 nitrogen and oxygen atoms in total. The molecule has 0 bridgehead atoms. The fourth-order valence-electron chi connectivity index (χ4n) is 4.24. The van der Waals surface area contributed by atoms with E-state index in [0.717, 1.165) is 51.0 Å². The summed E-state index contributed by atoms with van der Waals surface area (Å²) in [6.45, 7) is 4.50. The van der Waals surface area contributed by atoms with E-state index in [1.54, 1.807) is 6.92 Å². The molecule has 1 aromatic heterocycles. The maximum absolute atomic E-state index is 11.3. The Kier molecular flexibility index (Phi) is 4.57. The van der Waals surface area contributed by atoms with Crippen molar-refractivity contribution < 1.29 is 4.79 Å². The van der Waals surface area contributed by atoms with Gasteiger partial charge in [-0.25, -0.2) is 4.68 Å². The number of benzene rings is 1. The first kappa shape index (κ1) is 16.3. The summed E-state index contributed by atoms with van der Waals surface area (Å²) >= 11 is 0. The second-order valence-electron chi connectivity index (χ2n) is 7.25. The standard InChI is InChI=1S/C20H26N4O/c1-15(25)21-16-7-6-12-23(13-16)14-19-18-10-5-11-20(18)24(22-19)17-8-3-2-4-9-17/h2-4,8-9,16H,5-7,10-14H2,1H3,(H,21,25)/t16-/m1/s1. The molecule has 1 aliphatic carbocycles. The quantitative estimate of drug-likeness (QED) is 0.932. The van der Waals surface area contributed by atoms with Gasteiger partial charge in [0.15, 0.2) is 0 Å². The Balaban J connectivity index is 1.54. The zero-order chi connectivity index (χ0) is 17.2. The highest BCUT2D eigenvalue weighted by molar-refractivity contribution is 5.73. The van der Waals surface area contributed by atoms with Crippen molar-refractivity contribution in [1.82, 2.24) is 20.0 Å². The number of amides is 1. The predicted molar refractivity (Wildman–Crippen MR) is 97.7 cm³/mol. The van der Waals surface area contributed by atoms with Crippen molar-refractivity contribution in [2.24, 2.45) is 0 Å². The highest BCUT2D eigenvalue weighted by atomic mass is 16.1. The van der Waals surface area contributed by atoms with Crippen LogP contribution in [0.15, 0.2) is 30.3 Å². The SMILES string of the molecule is CC(=O)N[C@@H]1CCCN(Cc2nn(-c3ccccc3)c3c2CCC3)C1. The number of fused-ring (bicyclic) bond motifs is 1. The molecule has 2 aromatic rings. The van der Waals surface area contributed by atoms with Gasteiger partial charge in [-0.1, -0.05) is 18.2 Å². The van der Waals surface area contributed by atoms with Crippen LogP contribution in [0.4, 0.5) is 0 Å². The zero-order valence-electron chi connectivity index (χ0n) is 14.9. The van der Waals surface area contributed by atoms with Gasteiger partial charge < -0.3 is 5.32 Å². The molecular weight excluding hydrogens is 312 g/mol. The maximum atomic E-state index is 11.3. The zero-order valence-corrected chi connectivity index (χ0v) is 14.9. The van der Waals surface area contributed by atoms with Crippen LogP contribution in [0.2, 0.25) is 0 Å². The molecule has 0 spiro atoms. The molecule has 5 heteroatoms. The summed E-state index contributed by atoms with van der Waals surface area (Å²) in [6.07, 6.45) is 5.69. The van der Waals surface area contributed by atoms with Crippen LogP contribution < -0.4 is 5.32 Å². The maximum Gasteiger partial charge on any atom is 0.217 e. The normalized spacial score (nSPS) is 20.4. The van der Waals surface area contributed by atoms with Gasteiger partial charge in [-0.3, -0.25) is 9.69 Å². The highest BCUT2D eigenvalue weighted by Crippen LogP contribution is 2.29. The minimum atomic E-state index is 0.0705. The van der Waals surface area contributed by atoms with Gasteiger partial charge in [-0.15, -0.1) is 0 Å². The van der Waals surface area contributed by atoms with Gasteiger partial charge in [-0.2, -0.15) is 5.10 Å². The van der Waals surface area contributed by atoms with Crippen LogP contribution in [0, 0.1) is 0 Å². The predicted octanol–water partition coefficient (Wildman–Crippen LogP) is 2.46. The van der Waals surface area contributed by atoms with E-state index in [1.165, 1.54) is 23.4 Å². The Morgan fingerprint density at radius 3 is 2.88 bits per heavy atom. The first-order valence-electron chi connectivity index (χ1n) is 9.35. The lowest BCUT2D eigenvalue weighted by molar-refractivity contribution is -0.120.